The van der Waals surface area contributed by atoms with Crippen molar-refractivity contribution >= 4 is 12.1 Å². The molecule has 4 rings (SSSR count). The zero-order chi connectivity index (χ0) is 12.9. The van der Waals surface area contributed by atoms with Gasteiger partial charge in [-0.1, -0.05) is 0 Å². The van der Waals surface area contributed by atoms with E-state index in [1.165, 1.54) is 19.3 Å². The van der Waals surface area contributed by atoms with E-state index in [-0.39, 0.29) is 0 Å². The lowest BCUT2D eigenvalue weighted by molar-refractivity contribution is -0.246. The van der Waals surface area contributed by atoms with Gasteiger partial charge >= 0.3 is 6.09 Å². The molecule has 4 N–H and O–H groups in total. The van der Waals surface area contributed by atoms with Crippen LogP contribution in [0, 0.1) is 23.2 Å². The number of hydroxylamine groups is 2. The van der Waals surface area contributed by atoms with Crippen LogP contribution in [0.2, 0.25) is 0 Å². The fourth-order valence-corrected chi connectivity index (χ4v) is 4.53. The van der Waals surface area contributed by atoms with Gasteiger partial charge in [0.25, 0.3) is 0 Å². The van der Waals surface area contributed by atoms with E-state index in [1.54, 1.807) is 0 Å². The Kier molecular flexibility index (Phi) is 2.52. The van der Waals surface area contributed by atoms with Crippen LogP contribution in [0.1, 0.15) is 38.5 Å². The summed E-state index contributed by atoms with van der Waals surface area (Å²) < 4.78 is 0. The van der Waals surface area contributed by atoms with Crippen LogP contribution >= 0.6 is 0 Å². The first kappa shape index (κ1) is 11.8. The fraction of sp³-hybridized carbons (Fsp3) is 0.833. The summed E-state index contributed by atoms with van der Waals surface area (Å²) in [6.45, 7) is 0. The number of rotatable bonds is 2. The average molecular weight is 253 g/mol. The Labute approximate surface area is 106 Å². The summed E-state index contributed by atoms with van der Waals surface area (Å²) in [5.41, 5.74) is 4.88. The third kappa shape index (κ3) is 1.84. The number of guanidine groups is 1. The summed E-state index contributed by atoms with van der Waals surface area (Å²) in [5, 5.41) is 16.9. The second-order valence-electron chi connectivity index (χ2n) is 6.15. The van der Waals surface area contributed by atoms with Crippen molar-refractivity contribution in [3.8, 4) is 0 Å². The largest absolute Gasteiger partial charge is 0.463 e. The van der Waals surface area contributed by atoms with Crippen LogP contribution in [0.5, 0.6) is 0 Å². The van der Waals surface area contributed by atoms with Gasteiger partial charge in [0.1, 0.15) is 0 Å². The first-order valence-electron chi connectivity index (χ1n) is 6.54. The second-order valence-corrected chi connectivity index (χ2v) is 6.15. The van der Waals surface area contributed by atoms with Crippen molar-refractivity contribution in [1.82, 2.24) is 5.06 Å². The molecule has 0 aliphatic heterocycles. The number of hydrogen-bond acceptors (Lipinski definition) is 3. The molecule has 4 aliphatic carbocycles. The van der Waals surface area contributed by atoms with E-state index >= 15 is 0 Å². The Morgan fingerprint density at radius 1 is 1.22 bits per heavy atom. The highest BCUT2D eigenvalue weighted by atomic mass is 16.7. The monoisotopic (exact) mass is 253 g/mol. The number of nitrogens with two attached hydrogens (primary N) is 1. The van der Waals surface area contributed by atoms with Gasteiger partial charge in [-0.25, -0.2) is 4.79 Å². The van der Waals surface area contributed by atoms with Gasteiger partial charge in [-0.3, -0.25) is 10.2 Å². The molecule has 4 saturated carbocycles. The highest BCUT2D eigenvalue weighted by Crippen LogP contribution is 2.57. The molecule has 18 heavy (non-hydrogen) atoms. The van der Waals surface area contributed by atoms with Crippen molar-refractivity contribution < 1.29 is 14.7 Å². The van der Waals surface area contributed by atoms with Gasteiger partial charge in [-0.05, 0) is 56.3 Å². The first-order valence-corrected chi connectivity index (χ1v) is 6.54. The lowest BCUT2D eigenvalue weighted by Crippen LogP contribution is -2.56. The Morgan fingerprint density at radius 3 is 2.00 bits per heavy atom. The summed E-state index contributed by atoms with van der Waals surface area (Å²) in [4.78, 5) is 16.7. The van der Waals surface area contributed by atoms with Crippen molar-refractivity contribution in [2.45, 2.75) is 44.1 Å². The van der Waals surface area contributed by atoms with Crippen molar-refractivity contribution in [2.24, 2.45) is 23.5 Å². The molecule has 0 saturated heterocycles. The Bertz CT molecular complexity index is 347. The SMILES string of the molecule is N=C(N)N(OC12CC3CC(CC(C3)C1)C2)C(=O)O. The molecule has 4 aliphatic rings. The van der Waals surface area contributed by atoms with E-state index < -0.39 is 17.7 Å². The van der Waals surface area contributed by atoms with Crippen molar-refractivity contribution in [1.29, 1.82) is 5.41 Å². The van der Waals surface area contributed by atoms with Gasteiger partial charge in [0.05, 0.1) is 5.60 Å². The van der Waals surface area contributed by atoms with E-state index in [0.29, 0.717) is 22.8 Å². The molecule has 4 bridgehead atoms. The maximum atomic E-state index is 11.0. The summed E-state index contributed by atoms with van der Waals surface area (Å²) in [7, 11) is 0. The molecule has 0 atom stereocenters. The van der Waals surface area contributed by atoms with E-state index in [0.717, 1.165) is 19.3 Å². The molecule has 6 heteroatoms. The molecule has 0 unspecified atom stereocenters. The first-order chi connectivity index (χ1) is 8.47. The van der Waals surface area contributed by atoms with Crippen LogP contribution in [-0.2, 0) is 4.84 Å². The molecule has 4 fully saturated rings. The second kappa shape index (κ2) is 3.85. The Hall–Kier alpha value is -1.30. The van der Waals surface area contributed by atoms with Gasteiger partial charge in [0, 0.05) is 0 Å². The Balaban J connectivity index is 1.79. The third-order valence-electron chi connectivity index (χ3n) is 4.66. The van der Waals surface area contributed by atoms with Crippen LogP contribution in [0.3, 0.4) is 0 Å². The smallest absolute Gasteiger partial charge is 0.439 e. The number of hydrogen-bond donors (Lipinski definition) is 3. The van der Waals surface area contributed by atoms with Crippen LogP contribution in [0.4, 0.5) is 4.79 Å². The molecule has 100 valence electrons. The molecule has 0 aromatic carbocycles. The molecule has 0 radical (unpaired) electrons. The molecule has 0 heterocycles. The lowest BCUT2D eigenvalue weighted by atomic mass is 9.54. The number of carbonyl (C=O) groups is 1. The standard InChI is InChI=1S/C12H19N3O3/c13-10(14)15(11(16)17)18-12-4-7-1-8(5-12)3-9(2-7)6-12/h7-9H,1-6H2,(H3,13,14)(H,16,17). The topological polar surface area (TPSA) is 99.6 Å². The van der Waals surface area contributed by atoms with Crippen molar-refractivity contribution in [3.63, 3.8) is 0 Å². The van der Waals surface area contributed by atoms with E-state index in [4.69, 9.17) is 21.1 Å². The molecule has 1 amide bonds. The molecule has 0 aromatic heterocycles. The number of nitrogens with zero attached hydrogens (tertiary/aromatic N) is 1. The maximum Gasteiger partial charge on any atom is 0.439 e. The van der Waals surface area contributed by atoms with E-state index in [9.17, 15) is 4.79 Å². The summed E-state index contributed by atoms with van der Waals surface area (Å²) in [5.74, 6) is 1.44. The molecule has 0 spiro atoms. The predicted molar refractivity (Wildman–Crippen MR) is 63.8 cm³/mol. The zero-order valence-corrected chi connectivity index (χ0v) is 10.3. The maximum absolute atomic E-state index is 11.0. The van der Waals surface area contributed by atoms with Crippen LogP contribution in [0.25, 0.3) is 0 Å². The highest BCUT2D eigenvalue weighted by molar-refractivity contribution is 5.88. The number of amides is 1. The molecular formula is C12H19N3O3. The minimum atomic E-state index is -1.31. The minimum absolute atomic E-state index is 0.390. The van der Waals surface area contributed by atoms with Gasteiger partial charge in [0.15, 0.2) is 0 Å². The summed E-state index contributed by atoms with van der Waals surface area (Å²) in [6, 6.07) is 0. The van der Waals surface area contributed by atoms with E-state index in [1.807, 2.05) is 0 Å². The van der Waals surface area contributed by atoms with Gasteiger partial charge in [-0.15, -0.1) is 5.06 Å². The van der Waals surface area contributed by atoms with E-state index in [2.05, 4.69) is 0 Å². The molecule has 0 aromatic rings. The average Bonchev–Trinajstić information content (AvgIpc) is 2.23. The highest BCUT2D eigenvalue weighted by Gasteiger charge is 2.53. The third-order valence-corrected chi connectivity index (χ3v) is 4.66. The quantitative estimate of drug-likeness (QED) is 0.396. The van der Waals surface area contributed by atoms with Crippen LogP contribution < -0.4 is 5.73 Å². The predicted octanol–water partition coefficient (Wildman–Crippen LogP) is 1.76. The number of carboxylic acid groups (broad SMARTS) is 1. The van der Waals surface area contributed by atoms with Gasteiger partial charge in [0.2, 0.25) is 5.96 Å². The minimum Gasteiger partial charge on any atom is -0.463 e. The van der Waals surface area contributed by atoms with Crippen LogP contribution in [-0.4, -0.2) is 27.8 Å². The molecule has 6 nitrogen and oxygen atoms in total. The summed E-state index contributed by atoms with van der Waals surface area (Å²) >= 11 is 0. The molecular weight excluding hydrogens is 234 g/mol. The van der Waals surface area contributed by atoms with Gasteiger partial charge in [-0.2, -0.15) is 0 Å². The fourth-order valence-electron chi connectivity index (χ4n) is 4.53. The van der Waals surface area contributed by atoms with Gasteiger partial charge < -0.3 is 10.8 Å². The zero-order valence-electron chi connectivity index (χ0n) is 10.3. The normalized spacial score (nSPS) is 40.8. The van der Waals surface area contributed by atoms with Crippen molar-refractivity contribution in [2.75, 3.05) is 0 Å². The summed E-state index contributed by atoms with van der Waals surface area (Å²) in [6.07, 6.45) is 5.21. The van der Waals surface area contributed by atoms with Crippen LogP contribution in [0.15, 0.2) is 0 Å². The Morgan fingerprint density at radius 2 is 1.67 bits per heavy atom. The lowest BCUT2D eigenvalue weighted by Gasteiger charge is -2.56. The number of nitrogens with one attached hydrogen (secondary N) is 1. The van der Waals surface area contributed by atoms with Crippen molar-refractivity contribution in [3.05, 3.63) is 0 Å².